The van der Waals surface area contributed by atoms with Crippen LogP contribution in [0.3, 0.4) is 0 Å². The Morgan fingerprint density at radius 2 is 1.70 bits per heavy atom. The van der Waals surface area contributed by atoms with Gasteiger partial charge in [0.1, 0.15) is 5.69 Å². The monoisotopic (exact) mass is 497 g/mol. The highest BCUT2D eigenvalue weighted by Gasteiger charge is 2.34. The number of hydrogen-bond donors (Lipinski definition) is 0. The quantitative estimate of drug-likeness (QED) is 0.510. The van der Waals surface area contributed by atoms with Crippen molar-refractivity contribution >= 4 is 38.6 Å². The SMILES string of the molecule is CSc1ccc2c(c1)cc(C(=O)N1CCN(C)CC1)n2S(=O)(=O)c1cccc(C(F)(F)F)c1. The zero-order valence-corrected chi connectivity index (χ0v) is 19.6. The lowest BCUT2D eigenvalue weighted by atomic mass is 10.2. The van der Waals surface area contributed by atoms with E-state index in [-0.39, 0.29) is 11.2 Å². The van der Waals surface area contributed by atoms with Gasteiger partial charge in [-0.2, -0.15) is 13.2 Å². The average molecular weight is 498 g/mol. The van der Waals surface area contributed by atoms with Gasteiger partial charge in [0.2, 0.25) is 0 Å². The minimum Gasteiger partial charge on any atom is -0.335 e. The van der Waals surface area contributed by atoms with Crippen LogP contribution in [-0.2, 0) is 16.2 Å². The Labute approximate surface area is 194 Å². The Morgan fingerprint density at radius 3 is 2.33 bits per heavy atom. The second-order valence-electron chi connectivity index (χ2n) is 7.84. The maximum atomic E-state index is 13.6. The molecule has 0 unspecified atom stereocenters. The van der Waals surface area contributed by atoms with Crippen molar-refractivity contribution in [2.75, 3.05) is 39.5 Å². The van der Waals surface area contributed by atoms with Gasteiger partial charge in [-0.3, -0.25) is 4.79 Å². The van der Waals surface area contributed by atoms with Gasteiger partial charge in [0, 0.05) is 36.5 Å². The first-order valence-electron chi connectivity index (χ1n) is 10.1. The van der Waals surface area contributed by atoms with E-state index in [2.05, 4.69) is 4.90 Å². The molecule has 3 aromatic rings. The average Bonchev–Trinajstić information content (AvgIpc) is 3.18. The van der Waals surface area contributed by atoms with Crippen molar-refractivity contribution in [1.29, 1.82) is 0 Å². The maximum Gasteiger partial charge on any atom is 0.416 e. The molecule has 2 heterocycles. The van der Waals surface area contributed by atoms with Crippen molar-refractivity contribution in [3.63, 3.8) is 0 Å². The number of fused-ring (bicyclic) bond motifs is 1. The highest BCUT2D eigenvalue weighted by atomic mass is 32.2. The molecule has 1 fully saturated rings. The van der Waals surface area contributed by atoms with E-state index in [1.165, 1.54) is 17.8 Å². The lowest BCUT2D eigenvalue weighted by Crippen LogP contribution is -2.47. The molecule has 33 heavy (non-hydrogen) atoms. The highest BCUT2D eigenvalue weighted by molar-refractivity contribution is 7.98. The molecule has 1 aromatic heterocycles. The number of carbonyl (C=O) groups is 1. The van der Waals surface area contributed by atoms with Gasteiger partial charge in [-0.25, -0.2) is 12.4 Å². The fourth-order valence-corrected chi connectivity index (χ4v) is 5.81. The van der Waals surface area contributed by atoms with Crippen LogP contribution in [-0.4, -0.2) is 67.6 Å². The zero-order valence-electron chi connectivity index (χ0n) is 18.0. The highest BCUT2D eigenvalue weighted by Crippen LogP contribution is 2.33. The Kier molecular flexibility index (Phi) is 6.23. The Morgan fingerprint density at radius 1 is 1.00 bits per heavy atom. The van der Waals surface area contributed by atoms with Gasteiger partial charge < -0.3 is 9.80 Å². The molecule has 0 spiro atoms. The smallest absolute Gasteiger partial charge is 0.335 e. The van der Waals surface area contributed by atoms with Crippen LogP contribution >= 0.6 is 11.8 Å². The van der Waals surface area contributed by atoms with Crippen LogP contribution in [0.2, 0.25) is 0 Å². The number of carbonyl (C=O) groups excluding carboxylic acids is 1. The summed E-state index contributed by atoms with van der Waals surface area (Å²) in [7, 11) is -2.57. The van der Waals surface area contributed by atoms with Gasteiger partial charge in [-0.15, -0.1) is 11.8 Å². The van der Waals surface area contributed by atoms with Crippen molar-refractivity contribution in [2.45, 2.75) is 16.0 Å². The van der Waals surface area contributed by atoms with Gasteiger partial charge in [-0.05, 0) is 55.8 Å². The molecule has 11 heteroatoms. The minimum atomic E-state index is -4.70. The van der Waals surface area contributed by atoms with Crippen LogP contribution < -0.4 is 0 Å². The molecular weight excluding hydrogens is 475 g/mol. The van der Waals surface area contributed by atoms with Crippen LogP contribution in [0.15, 0.2) is 58.3 Å². The summed E-state index contributed by atoms with van der Waals surface area (Å²) in [6.45, 7) is 2.14. The predicted molar refractivity (Wildman–Crippen MR) is 121 cm³/mol. The Hall–Kier alpha value is -2.50. The fourth-order valence-electron chi connectivity index (χ4n) is 3.81. The van der Waals surface area contributed by atoms with Crippen molar-refractivity contribution in [3.8, 4) is 0 Å². The van der Waals surface area contributed by atoms with E-state index in [4.69, 9.17) is 0 Å². The number of piperazine rings is 1. The number of benzene rings is 2. The lowest BCUT2D eigenvalue weighted by molar-refractivity contribution is -0.137. The third kappa shape index (κ3) is 4.49. The molecule has 1 saturated heterocycles. The maximum absolute atomic E-state index is 13.6. The second-order valence-corrected chi connectivity index (χ2v) is 10.5. The van der Waals surface area contributed by atoms with Crippen LogP contribution in [0.4, 0.5) is 13.2 Å². The molecule has 176 valence electrons. The molecule has 0 bridgehead atoms. The molecule has 0 aliphatic carbocycles. The molecule has 1 aliphatic rings. The molecule has 0 N–H and O–H groups in total. The molecule has 1 amide bonds. The number of hydrogen-bond acceptors (Lipinski definition) is 5. The fraction of sp³-hybridized carbons (Fsp3) is 0.318. The first-order valence-corrected chi connectivity index (χ1v) is 12.8. The van der Waals surface area contributed by atoms with Crippen molar-refractivity contribution in [2.24, 2.45) is 0 Å². The summed E-state index contributed by atoms with van der Waals surface area (Å²) < 4.78 is 67.9. The summed E-state index contributed by atoms with van der Waals surface area (Å²) in [5.41, 5.74) is -0.926. The normalized spacial score (nSPS) is 15.8. The first-order chi connectivity index (χ1) is 15.5. The van der Waals surface area contributed by atoms with E-state index in [0.717, 1.165) is 27.1 Å². The zero-order chi connectivity index (χ0) is 24.0. The second kappa shape index (κ2) is 8.69. The number of alkyl halides is 3. The van der Waals surface area contributed by atoms with Crippen LogP contribution in [0.1, 0.15) is 16.1 Å². The molecule has 0 atom stereocenters. The largest absolute Gasteiger partial charge is 0.416 e. The number of halogens is 3. The molecule has 4 rings (SSSR count). The van der Waals surface area contributed by atoms with Crippen LogP contribution in [0, 0.1) is 0 Å². The summed E-state index contributed by atoms with van der Waals surface area (Å²) in [6, 6.07) is 10.1. The molecule has 0 radical (unpaired) electrons. The van der Waals surface area contributed by atoms with Crippen molar-refractivity contribution < 1.29 is 26.4 Å². The lowest BCUT2D eigenvalue weighted by Gasteiger charge is -2.32. The van der Waals surface area contributed by atoms with Gasteiger partial charge in [-0.1, -0.05) is 6.07 Å². The van der Waals surface area contributed by atoms with Gasteiger partial charge in [0.05, 0.1) is 16.0 Å². The van der Waals surface area contributed by atoms with Crippen LogP contribution in [0.5, 0.6) is 0 Å². The third-order valence-electron chi connectivity index (χ3n) is 5.67. The summed E-state index contributed by atoms with van der Waals surface area (Å²) in [6.07, 6.45) is -2.83. The topological polar surface area (TPSA) is 62.6 Å². The van der Waals surface area contributed by atoms with E-state index in [1.54, 1.807) is 23.1 Å². The number of rotatable bonds is 4. The number of thioether (sulfide) groups is 1. The first kappa shape index (κ1) is 23.7. The van der Waals surface area contributed by atoms with Crippen LogP contribution in [0.25, 0.3) is 10.9 Å². The molecule has 1 aliphatic heterocycles. The predicted octanol–water partition coefficient (Wildman–Crippen LogP) is 4.01. The van der Waals surface area contributed by atoms with E-state index < -0.39 is 32.6 Å². The van der Waals surface area contributed by atoms with Crippen molar-refractivity contribution in [1.82, 2.24) is 13.8 Å². The van der Waals surface area contributed by atoms with Gasteiger partial charge in [0.15, 0.2) is 0 Å². The minimum absolute atomic E-state index is 0.0924. The van der Waals surface area contributed by atoms with Gasteiger partial charge in [0.25, 0.3) is 15.9 Å². The Bertz CT molecular complexity index is 1310. The third-order valence-corrected chi connectivity index (χ3v) is 8.12. The Balaban J connectivity index is 1.90. The van der Waals surface area contributed by atoms with Crippen molar-refractivity contribution in [3.05, 3.63) is 59.8 Å². The summed E-state index contributed by atoms with van der Waals surface area (Å²) in [5, 5.41) is 0.523. The molecular formula is C22H22F3N3O3S2. The standard InChI is InChI=1S/C22H22F3N3O3S2/c1-26-8-10-27(11-9-26)21(29)20-13-15-12-17(32-2)6-7-19(15)28(20)33(30,31)18-5-3-4-16(14-18)22(23,24)25/h3-7,12-14H,8-11H2,1-2H3. The summed E-state index contributed by atoms with van der Waals surface area (Å²) >= 11 is 1.46. The molecule has 0 saturated carbocycles. The molecule has 2 aromatic carbocycles. The van der Waals surface area contributed by atoms with E-state index in [0.29, 0.717) is 37.6 Å². The summed E-state index contributed by atoms with van der Waals surface area (Å²) in [4.78, 5) is 17.4. The van der Waals surface area contributed by atoms with Gasteiger partial charge >= 0.3 is 6.18 Å². The number of nitrogens with zero attached hydrogens (tertiary/aromatic N) is 3. The number of likely N-dealkylation sites (N-methyl/N-ethyl adjacent to an activating group) is 1. The van der Waals surface area contributed by atoms with E-state index >= 15 is 0 Å². The number of aromatic nitrogens is 1. The summed E-state index contributed by atoms with van der Waals surface area (Å²) in [5.74, 6) is -0.472. The molecule has 6 nitrogen and oxygen atoms in total. The van der Waals surface area contributed by atoms with E-state index in [1.807, 2.05) is 13.3 Å². The number of amides is 1. The van der Waals surface area contributed by atoms with E-state index in [9.17, 15) is 26.4 Å².